The fraction of sp³-hybridized carbons (Fsp3) is 0.636. The number of hydrogen-bond donors (Lipinski definition) is 2. The molecule has 0 bridgehead atoms. The molecule has 1 aromatic rings. The predicted molar refractivity (Wildman–Crippen MR) is 70.3 cm³/mol. The molecule has 1 heterocycles. The summed E-state index contributed by atoms with van der Waals surface area (Å²) < 4.78 is 5.14. The number of rotatable bonds is 5. The van der Waals surface area contributed by atoms with Gasteiger partial charge in [0.15, 0.2) is 5.82 Å². The highest BCUT2D eigenvalue weighted by Crippen LogP contribution is 2.24. The molecule has 0 saturated heterocycles. The minimum atomic E-state index is -0.00824. The topological polar surface area (TPSA) is 73.1 Å². The van der Waals surface area contributed by atoms with E-state index in [1.807, 2.05) is 0 Å². The highest BCUT2D eigenvalue weighted by molar-refractivity contribution is 6.33. The zero-order chi connectivity index (χ0) is 13.1. The molecule has 17 heavy (non-hydrogen) atoms. The summed E-state index contributed by atoms with van der Waals surface area (Å²) in [5.41, 5.74) is 6.24. The van der Waals surface area contributed by atoms with Crippen LogP contribution < -0.4 is 11.1 Å². The fourth-order valence-electron chi connectivity index (χ4n) is 1.46. The third-order valence-corrected chi connectivity index (χ3v) is 2.76. The molecule has 0 atom stereocenters. The van der Waals surface area contributed by atoms with Crippen LogP contribution in [0.1, 0.15) is 19.5 Å². The van der Waals surface area contributed by atoms with Gasteiger partial charge in [0.05, 0.1) is 12.3 Å². The van der Waals surface area contributed by atoms with Crippen LogP contribution in [0.2, 0.25) is 5.02 Å². The molecule has 1 rings (SSSR count). The minimum absolute atomic E-state index is 0.00824. The predicted octanol–water partition coefficient (Wildman–Crippen LogP) is 2.11. The first kappa shape index (κ1) is 14.0. The van der Waals surface area contributed by atoms with Gasteiger partial charge in [-0.2, -0.15) is 4.98 Å². The van der Waals surface area contributed by atoms with Gasteiger partial charge in [0.25, 0.3) is 0 Å². The van der Waals surface area contributed by atoms with Crippen LogP contribution >= 0.6 is 11.6 Å². The molecule has 0 spiro atoms. The van der Waals surface area contributed by atoms with Crippen LogP contribution in [0, 0.1) is 12.3 Å². The van der Waals surface area contributed by atoms with Crippen molar-refractivity contribution in [1.29, 1.82) is 0 Å². The third-order valence-electron chi connectivity index (χ3n) is 2.30. The van der Waals surface area contributed by atoms with Gasteiger partial charge < -0.3 is 15.8 Å². The summed E-state index contributed by atoms with van der Waals surface area (Å²) >= 11 is 6.10. The molecule has 0 saturated carbocycles. The monoisotopic (exact) mass is 258 g/mol. The summed E-state index contributed by atoms with van der Waals surface area (Å²) in [6, 6.07) is 0. The number of methoxy groups -OCH3 is 1. The SMILES string of the molecule is COCC(C)(C)CNc1nc(N)nc(C)c1Cl. The van der Waals surface area contributed by atoms with E-state index < -0.39 is 0 Å². The third kappa shape index (κ3) is 4.02. The summed E-state index contributed by atoms with van der Waals surface area (Å²) in [4.78, 5) is 8.06. The van der Waals surface area contributed by atoms with Crippen LogP contribution in [0.3, 0.4) is 0 Å². The Bertz CT molecular complexity index is 395. The Morgan fingerprint density at radius 2 is 2.06 bits per heavy atom. The van der Waals surface area contributed by atoms with Crippen molar-refractivity contribution in [2.24, 2.45) is 5.41 Å². The van der Waals surface area contributed by atoms with Crippen LogP contribution in [0.4, 0.5) is 11.8 Å². The second-order valence-corrected chi connectivity index (χ2v) is 5.16. The van der Waals surface area contributed by atoms with Gasteiger partial charge in [-0.25, -0.2) is 4.98 Å². The Morgan fingerprint density at radius 3 is 2.65 bits per heavy atom. The van der Waals surface area contributed by atoms with Crippen LogP contribution in [-0.2, 0) is 4.74 Å². The molecule has 0 fully saturated rings. The van der Waals surface area contributed by atoms with Crippen molar-refractivity contribution in [3.63, 3.8) is 0 Å². The quantitative estimate of drug-likeness (QED) is 0.846. The number of nitrogens with two attached hydrogens (primary N) is 1. The van der Waals surface area contributed by atoms with Crippen molar-refractivity contribution in [1.82, 2.24) is 9.97 Å². The highest BCUT2D eigenvalue weighted by atomic mass is 35.5. The molecule has 0 aliphatic rings. The molecule has 0 radical (unpaired) electrons. The van der Waals surface area contributed by atoms with Crippen LogP contribution in [-0.4, -0.2) is 30.2 Å². The van der Waals surface area contributed by atoms with Crippen LogP contribution in [0.5, 0.6) is 0 Å². The molecule has 0 amide bonds. The van der Waals surface area contributed by atoms with Crippen molar-refractivity contribution in [3.8, 4) is 0 Å². The lowest BCUT2D eigenvalue weighted by Crippen LogP contribution is -2.28. The van der Waals surface area contributed by atoms with Crippen LogP contribution in [0.25, 0.3) is 0 Å². The van der Waals surface area contributed by atoms with E-state index in [2.05, 4.69) is 29.1 Å². The molecule has 0 aliphatic carbocycles. The first-order valence-electron chi connectivity index (χ1n) is 5.38. The Hall–Kier alpha value is -1.07. The van der Waals surface area contributed by atoms with Crippen molar-refractivity contribution in [2.45, 2.75) is 20.8 Å². The maximum Gasteiger partial charge on any atom is 0.222 e. The lowest BCUT2D eigenvalue weighted by Gasteiger charge is -2.24. The van der Waals surface area contributed by atoms with Gasteiger partial charge in [-0.1, -0.05) is 25.4 Å². The van der Waals surface area contributed by atoms with E-state index in [4.69, 9.17) is 22.1 Å². The molecule has 5 nitrogen and oxygen atoms in total. The van der Waals surface area contributed by atoms with Crippen molar-refractivity contribution < 1.29 is 4.74 Å². The van der Waals surface area contributed by atoms with Gasteiger partial charge in [0.2, 0.25) is 5.95 Å². The number of aryl methyl sites for hydroxylation is 1. The standard InChI is InChI=1S/C11H19ClN4O/c1-7-8(12)9(16-10(13)15-7)14-5-11(2,3)6-17-4/h5-6H2,1-4H3,(H3,13,14,15,16). The molecule has 0 aliphatic heterocycles. The number of ether oxygens (including phenoxy) is 1. The maximum atomic E-state index is 6.10. The van der Waals surface area contributed by atoms with E-state index in [-0.39, 0.29) is 11.4 Å². The minimum Gasteiger partial charge on any atom is -0.384 e. The molecule has 6 heteroatoms. The van der Waals surface area contributed by atoms with Crippen LogP contribution in [0.15, 0.2) is 0 Å². The largest absolute Gasteiger partial charge is 0.384 e. The van der Waals surface area contributed by atoms with Gasteiger partial charge in [-0.15, -0.1) is 0 Å². The van der Waals surface area contributed by atoms with Crippen molar-refractivity contribution in [3.05, 3.63) is 10.7 Å². The smallest absolute Gasteiger partial charge is 0.222 e. The number of hydrogen-bond acceptors (Lipinski definition) is 5. The Labute approximate surface area is 107 Å². The second kappa shape index (κ2) is 5.51. The van der Waals surface area contributed by atoms with Gasteiger partial charge in [-0.05, 0) is 6.92 Å². The van der Waals surface area contributed by atoms with E-state index in [0.717, 1.165) is 0 Å². The molecule has 0 aromatic carbocycles. The van der Waals surface area contributed by atoms with E-state index in [9.17, 15) is 0 Å². The summed E-state index contributed by atoms with van der Waals surface area (Å²) in [5.74, 6) is 0.791. The van der Waals surface area contributed by atoms with Gasteiger partial charge in [0.1, 0.15) is 5.02 Å². The first-order valence-corrected chi connectivity index (χ1v) is 5.76. The Morgan fingerprint density at radius 1 is 1.41 bits per heavy atom. The number of halogens is 1. The summed E-state index contributed by atoms with van der Waals surface area (Å²) in [5, 5.41) is 3.68. The number of anilines is 2. The van der Waals surface area contributed by atoms with E-state index >= 15 is 0 Å². The molecular weight excluding hydrogens is 240 g/mol. The average Bonchev–Trinajstić information content (AvgIpc) is 2.21. The number of nitrogen functional groups attached to an aromatic ring is 1. The van der Waals surface area contributed by atoms with Crippen molar-refractivity contribution in [2.75, 3.05) is 31.3 Å². The maximum absolute atomic E-state index is 6.10. The van der Waals surface area contributed by atoms with Gasteiger partial charge in [0, 0.05) is 19.1 Å². The Kier molecular flexibility index (Phi) is 4.54. The lowest BCUT2D eigenvalue weighted by molar-refractivity contribution is 0.112. The average molecular weight is 259 g/mol. The number of nitrogens with zero attached hydrogens (tertiary/aromatic N) is 2. The molecule has 3 N–H and O–H groups in total. The van der Waals surface area contributed by atoms with E-state index in [0.29, 0.717) is 29.7 Å². The normalized spacial score (nSPS) is 11.6. The highest BCUT2D eigenvalue weighted by Gasteiger charge is 2.18. The Balaban J connectivity index is 2.76. The van der Waals surface area contributed by atoms with Crippen molar-refractivity contribution >= 4 is 23.4 Å². The molecule has 96 valence electrons. The summed E-state index contributed by atoms with van der Waals surface area (Å²) in [6.45, 7) is 7.32. The van der Waals surface area contributed by atoms with Gasteiger partial charge >= 0.3 is 0 Å². The number of aromatic nitrogens is 2. The molecule has 1 aromatic heterocycles. The number of nitrogens with one attached hydrogen (secondary N) is 1. The summed E-state index contributed by atoms with van der Waals surface area (Å²) in [7, 11) is 1.68. The van der Waals surface area contributed by atoms with Gasteiger partial charge in [-0.3, -0.25) is 0 Å². The zero-order valence-electron chi connectivity index (χ0n) is 10.7. The second-order valence-electron chi connectivity index (χ2n) is 4.78. The first-order chi connectivity index (χ1) is 7.85. The zero-order valence-corrected chi connectivity index (χ0v) is 11.4. The van der Waals surface area contributed by atoms with E-state index in [1.54, 1.807) is 14.0 Å². The summed E-state index contributed by atoms with van der Waals surface area (Å²) in [6.07, 6.45) is 0. The molecule has 0 unspecified atom stereocenters. The molecular formula is C11H19ClN4O. The lowest BCUT2D eigenvalue weighted by atomic mass is 9.95. The van der Waals surface area contributed by atoms with E-state index in [1.165, 1.54) is 0 Å². The fourth-order valence-corrected chi connectivity index (χ4v) is 1.61.